The largest absolute Gasteiger partial charge is 0.507 e. The van der Waals surface area contributed by atoms with E-state index in [9.17, 15) is 14.7 Å². The predicted molar refractivity (Wildman–Crippen MR) is 122 cm³/mol. The molecule has 1 fully saturated rings. The number of likely N-dealkylation sites (tertiary alicyclic amines) is 1. The van der Waals surface area contributed by atoms with Crippen LogP contribution in [0.5, 0.6) is 5.75 Å². The van der Waals surface area contributed by atoms with E-state index in [0.717, 1.165) is 16.3 Å². The Bertz CT molecular complexity index is 1190. The van der Waals surface area contributed by atoms with Crippen molar-refractivity contribution in [2.45, 2.75) is 12.5 Å². The van der Waals surface area contributed by atoms with Gasteiger partial charge in [0, 0.05) is 25.8 Å². The van der Waals surface area contributed by atoms with Crippen LogP contribution in [-0.2, 0) is 14.3 Å². The molecule has 1 atom stereocenters. The van der Waals surface area contributed by atoms with E-state index in [1.54, 1.807) is 31.4 Å². The number of benzene rings is 3. The third-order valence-electron chi connectivity index (χ3n) is 5.75. The van der Waals surface area contributed by atoms with Gasteiger partial charge in [0.15, 0.2) is 0 Å². The van der Waals surface area contributed by atoms with Gasteiger partial charge in [0.2, 0.25) is 0 Å². The van der Waals surface area contributed by atoms with E-state index in [2.05, 4.69) is 0 Å². The summed E-state index contributed by atoms with van der Waals surface area (Å²) in [6, 6.07) is 19.7. The summed E-state index contributed by atoms with van der Waals surface area (Å²) in [5.74, 6) is -0.983. The average Bonchev–Trinajstić information content (AvgIpc) is 3.08. The van der Waals surface area contributed by atoms with Crippen LogP contribution in [0.4, 0.5) is 0 Å². The average molecular weight is 431 g/mol. The summed E-state index contributed by atoms with van der Waals surface area (Å²) in [6.45, 7) is 0.794. The lowest BCUT2D eigenvalue weighted by molar-refractivity contribution is -0.140. The van der Waals surface area contributed by atoms with Crippen molar-refractivity contribution < 1.29 is 24.2 Å². The highest BCUT2D eigenvalue weighted by atomic mass is 16.5. The maximum absolute atomic E-state index is 13.2. The number of aliphatic hydroxyl groups excluding tert-OH is 1. The van der Waals surface area contributed by atoms with Gasteiger partial charge in [-0.1, -0.05) is 54.6 Å². The van der Waals surface area contributed by atoms with Gasteiger partial charge < -0.3 is 19.5 Å². The highest BCUT2D eigenvalue weighted by molar-refractivity contribution is 6.46. The van der Waals surface area contributed by atoms with Gasteiger partial charge in [-0.25, -0.2) is 0 Å². The van der Waals surface area contributed by atoms with Crippen LogP contribution in [0.25, 0.3) is 16.5 Å². The summed E-state index contributed by atoms with van der Waals surface area (Å²) in [5.41, 5.74) is 1.30. The Morgan fingerprint density at radius 3 is 2.53 bits per heavy atom. The zero-order valence-corrected chi connectivity index (χ0v) is 18.1. The fraction of sp³-hybridized carbons (Fsp3) is 0.231. The van der Waals surface area contributed by atoms with Crippen LogP contribution in [0, 0.1) is 0 Å². The summed E-state index contributed by atoms with van der Waals surface area (Å²) < 4.78 is 10.4. The first kappa shape index (κ1) is 21.6. The van der Waals surface area contributed by atoms with E-state index < -0.39 is 17.7 Å². The molecule has 4 rings (SSSR count). The molecule has 1 aliphatic heterocycles. The number of rotatable bonds is 7. The van der Waals surface area contributed by atoms with Gasteiger partial charge in [0.25, 0.3) is 11.7 Å². The zero-order chi connectivity index (χ0) is 22.7. The fourth-order valence-electron chi connectivity index (χ4n) is 4.23. The molecule has 0 aliphatic carbocycles. The number of ether oxygens (including phenoxy) is 2. The number of amides is 1. The van der Waals surface area contributed by atoms with Crippen LogP contribution in [0.3, 0.4) is 0 Å². The third-order valence-corrected chi connectivity index (χ3v) is 5.75. The minimum absolute atomic E-state index is 0.0806. The number of carbonyl (C=O) groups excluding carboxylic acids is 2. The molecule has 1 amide bonds. The molecule has 1 saturated heterocycles. The lowest BCUT2D eigenvalue weighted by Crippen LogP contribution is -2.31. The van der Waals surface area contributed by atoms with E-state index in [0.29, 0.717) is 30.9 Å². The Balaban J connectivity index is 1.92. The molecule has 164 valence electrons. The van der Waals surface area contributed by atoms with Crippen molar-refractivity contribution in [1.29, 1.82) is 0 Å². The molecule has 0 spiro atoms. The maximum Gasteiger partial charge on any atom is 0.295 e. The number of carbonyl (C=O) groups is 2. The first-order valence-corrected chi connectivity index (χ1v) is 10.5. The second-order valence-electron chi connectivity index (χ2n) is 7.64. The number of ketones is 1. The molecule has 0 aromatic heterocycles. The van der Waals surface area contributed by atoms with Crippen molar-refractivity contribution in [3.8, 4) is 5.75 Å². The van der Waals surface area contributed by atoms with Crippen molar-refractivity contribution in [3.05, 3.63) is 83.4 Å². The number of nitrogens with zero attached hydrogens (tertiary/aromatic N) is 1. The molecule has 3 aromatic carbocycles. The van der Waals surface area contributed by atoms with Crippen LogP contribution in [0.2, 0.25) is 0 Å². The number of hydrogen-bond donors (Lipinski definition) is 1. The highest BCUT2D eigenvalue weighted by Gasteiger charge is 2.46. The number of aliphatic hydroxyl groups is 1. The summed E-state index contributed by atoms with van der Waals surface area (Å²) in [4.78, 5) is 27.8. The molecule has 6 heteroatoms. The van der Waals surface area contributed by atoms with Crippen molar-refractivity contribution in [3.63, 3.8) is 0 Å². The Kier molecular flexibility index (Phi) is 6.23. The molecular weight excluding hydrogens is 406 g/mol. The predicted octanol–water partition coefficient (Wildman–Crippen LogP) is 4.31. The second kappa shape index (κ2) is 9.24. The van der Waals surface area contributed by atoms with Crippen molar-refractivity contribution in [2.75, 3.05) is 27.4 Å². The second-order valence-corrected chi connectivity index (χ2v) is 7.64. The van der Waals surface area contributed by atoms with Crippen LogP contribution in [0.1, 0.15) is 23.6 Å². The number of fused-ring (bicyclic) bond motifs is 1. The molecule has 1 aliphatic rings. The SMILES string of the molecule is COCCCN1C(=O)C(=O)/C(=C(\O)c2cccc(OC)c2)C1c1cccc2ccccc12. The lowest BCUT2D eigenvalue weighted by Gasteiger charge is -2.26. The first-order valence-electron chi connectivity index (χ1n) is 10.5. The van der Waals surface area contributed by atoms with Crippen LogP contribution in [-0.4, -0.2) is 49.1 Å². The Morgan fingerprint density at radius 2 is 1.75 bits per heavy atom. The minimum Gasteiger partial charge on any atom is -0.507 e. The first-order chi connectivity index (χ1) is 15.6. The van der Waals surface area contributed by atoms with Crippen LogP contribution in [0.15, 0.2) is 72.3 Å². The molecule has 1 unspecified atom stereocenters. The quantitative estimate of drug-likeness (QED) is 0.261. The van der Waals surface area contributed by atoms with E-state index in [-0.39, 0.29) is 11.3 Å². The highest BCUT2D eigenvalue weighted by Crippen LogP contribution is 2.42. The van der Waals surface area contributed by atoms with Crippen molar-refractivity contribution >= 4 is 28.2 Å². The summed E-state index contributed by atoms with van der Waals surface area (Å²) in [5, 5.41) is 13.1. The number of methoxy groups -OCH3 is 2. The molecular formula is C26H25NO5. The summed E-state index contributed by atoms with van der Waals surface area (Å²) >= 11 is 0. The van der Waals surface area contributed by atoms with Crippen LogP contribution < -0.4 is 4.74 Å². The van der Waals surface area contributed by atoms with Crippen molar-refractivity contribution in [1.82, 2.24) is 4.90 Å². The minimum atomic E-state index is -0.704. The molecule has 0 bridgehead atoms. The Labute approximate surface area is 186 Å². The van der Waals surface area contributed by atoms with Gasteiger partial charge >= 0.3 is 0 Å². The number of Topliss-reactive ketones (excluding diaryl/α,β-unsaturated/α-hetero) is 1. The monoisotopic (exact) mass is 431 g/mol. The Morgan fingerprint density at radius 1 is 1.00 bits per heavy atom. The van der Waals surface area contributed by atoms with Crippen molar-refractivity contribution in [2.24, 2.45) is 0 Å². The lowest BCUT2D eigenvalue weighted by atomic mass is 9.91. The molecule has 32 heavy (non-hydrogen) atoms. The van der Waals surface area contributed by atoms with E-state index in [1.807, 2.05) is 42.5 Å². The van der Waals surface area contributed by atoms with Gasteiger partial charge in [-0.2, -0.15) is 0 Å². The zero-order valence-electron chi connectivity index (χ0n) is 18.1. The maximum atomic E-state index is 13.2. The van der Waals surface area contributed by atoms with Crippen LogP contribution >= 0.6 is 0 Å². The molecule has 0 radical (unpaired) electrons. The molecule has 1 N–H and O–H groups in total. The summed E-state index contributed by atoms with van der Waals surface area (Å²) in [7, 11) is 3.13. The van der Waals surface area contributed by atoms with Gasteiger partial charge in [-0.15, -0.1) is 0 Å². The van der Waals surface area contributed by atoms with Gasteiger partial charge in [-0.05, 0) is 34.9 Å². The van der Waals surface area contributed by atoms with E-state index >= 15 is 0 Å². The fourth-order valence-corrected chi connectivity index (χ4v) is 4.23. The van der Waals surface area contributed by atoms with E-state index in [4.69, 9.17) is 9.47 Å². The van der Waals surface area contributed by atoms with Gasteiger partial charge in [0.05, 0.1) is 18.7 Å². The normalized spacial score (nSPS) is 17.8. The number of hydrogen-bond acceptors (Lipinski definition) is 5. The molecule has 1 heterocycles. The van der Waals surface area contributed by atoms with Gasteiger partial charge in [-0.3, -0.25) is 9.59 Å². The standard InChI is InChI=1S/C26H25NO5/c1-31-15-7-14-27-23(21-13-6-9-17-8-3-4-12-20(17)21)22(25(29)26(27)30)24(28)18-10-5-11-19(16-18)32-2/h3-6,8-13,16,23,28H,7,14-15H2,1-2H3/b24-22-. The molecule has 0 saturated carbocycles. The van der Waals surface area contributed by atoms with E-state index in [1.165, 1.54) is 12.0 Å². The third kappa shape index (κ3) is 3.85. The topological polar surface area (TPSA) is 76.1 Å². The molecule has 3 aromatic rings. The van der Waals surface area contributed by atoms with Gasteiger partial charge in [0.1, 0.15) is 11.5 Å². The molecule has 6 nitrogen and oxygen atoms in total. The Hall–Kier alpha value is -3.64. The summed E-state index contributed by atoms with van der Waals surface area (Å²) in [6.07, 6.45) is 0.573. The smallest absolute Gasteiger partial charge is 0.295 e.